The van der Waals surface area contributed by atoms with Crippen LogP contribution in [-0.4, -0.2) is 25.8 Å². The maximum atomic E-state index is 10.4. The number of carboxylic acid groups (broad SMARTS) is 1. The number of fused-ring (bicyclic) bond motifs is 1. The highest BCUT2D eigenvalue weighted by Gasteiger charge is 2.07. The predicted molar refractivity (Wildman–Crippen MR) is 52.3 cm³/mol. The van der Waals surface area contributed by atoms with Crippen molar-refractivity contribution in [1.29, 1.82) is 0 Å². The molecule has 14 heavy (non-hydrogen) atoms. The molecule has 7 heteroatoms. The Morgan fingerprint density at radius 2 is 2.36 bits per heavy atom. The van der Waals surface area contributed by atoms with E-state index in [0.717, 1.165) is 4.47 Å². The summed E-state index contributed by atoms with van der Waals surface area (Å²) in [6.07, 6.45) is 3.53. The lowest BCUT2D eigenvalue weighted by Crippen LogP contribution is -2.07. The first-order valence-corrected chi connectivity index (χ1v) is 4.45. The van der Waals surface area contributed by atoms with Crippen molar-refractivity contribution in [3.63, 3.8) is 0 Å². The zero-order chi connectivity index (χ0) is 10.1. The van der Waals surface area contributed by atoms with Crippen LogP contribution in [0.25, 0.3) is 5.65 Å². The molecule has 1 amide bonds. The second kappa shape index (κ2) is 3.26. The molecule has 0 atom stereocenters. The highest BCUT2D eigenvalue weighted by atomic mass is 79.9. The number of nitrogens with zero attached hydrogens (tertiary/aromatic N) is 3. The molecule has 0 saturated heterocycles. The number of aromatic nitrogens is 3. The monoisotopic (exact) mass is 256 g/mol. The summed E-state index contributed by atoms with van der Waals surface area (Å²) >= 11 is 3.23. The number of carbonyl (C=O) groups is 1. The SMILES string of the molecule is O=C(O)Nc1cnn2cc(Br)cnc12. The molecule has 0 aliphatic carbocycles. The van der Waals surface area contributed by atoms with Crippen molar-refractivity contribution in [3.05, 3.63) is 23.1 Å². The zero-order valence-electron chi connectivity index (χ0n) is 6.81. The summed E-state index contributed by atoms with van der Waals surface area (Å²) in [7, 11) is 0. The molecular weight excluding hydrogens is 252 g/mol. The van der Waals surface area contributed by atoms with Gasteiger partial charge in [-0.2, -0.15) is 5.10 Å². The standard InChI is InChI=1S/C7H5BrN4O2/c8-4-1-9-6-5(11-7(13)14)2-10-12(6)3-4/h1-3,11H,(H,13,14). The molecule has 6 nitrogen and oxygen atoms in total. The van der Waals surface area contributed by atoms with Gasteiger partial charge in [-0.05, 0) is 15.9 Å². The van der Waals surface area contributed by atoms with Crippen molar-refractivity contribution in [2.45, 2.75) is 0 Å². The fraction of sp³-hybridized carbons (Fsp3) is 0. The van der Waals surface area contributed by atoms with Gasteiger partial charge in [0.25, 0.3) is 0 Å². The fourth-order valence-electron chi connectivity index (χ4n) is 1.06. The number of hydrogen-bond donors (Lipinski definition) is 2. The topological polar surface area (TPSA) is 79.5 Å². The molecule has 0 radical (unpaired) electrons. The Morgan fingerprint density at radius 3 is 3.07 bits per heavy atom. The molecule has 0 fully saturated rings. The maximum absolute atomic E-state index is 10.4. The largest absolute Gasteiger partial charge is 0.465 e. The summed E-state index contributed by atoms with van der Waals surface area (Å²) in [5.41, 5.74) is 0.834. The van der Waals surface area contributed by atoms with E-state index in [0.29, 0.717) is 11.3 Å². The third-order valence-corrected chi connectivity index (χ3v) is 1.98. The molecule has 0 unspecified atom stereocenters. The molecule has 0 spiro atoms. The van der Waals surface area contributed by atoms with Crippen LogP contribution in [0.5, 0.6) is 0 Å². The molecule has 0 aromatic carbocycles. The van der Waals surface area contributed by atoms with Gasteiger partial charge in [-0.3, -0.25) is 5.32 Å². The van der Waals surface area contributed by atoms with Gasteiger partial charge in [0.15, 0.2) is 5.65 Å². The van der Waals surface area contributed by atoms with Crippen LogP contribution < -0.4 is 5.32 Å². The summed E-state index contributed by atoms with van der Waals surface area (Å²) in [6.45, 7) is 0. The summed E-state index contributed by atoms with van der Waals surface area (Å²) in [4.78, 5) is 14.4. The lowest BCUT2D eigenvalue weighted by Gasteiger charge is -1.96. The number of anilines is 1. The van der Waals surface area contributed by atoms with Gasteiger partial charge in [0.2, 0.25) is 0 Å². The molecule has 0 aliphatic rings. The molecule has 72 valence electrons. The summed E-state index contributed by atoms with van der Waals surface area (Å²) in [6, 6.07) is 0. The van der Waals surface area contributed by atoms with E-state index >= 15 is 0 Å². The Bertz CT molecular complexity index is 495. The van der Waals surface area contributed by atoms with E-state index in [9.17, 15) is 4.79 Å². The van der Waals surface area contributed by atoms with Gasteiger partial charge < -0.3 is 5.11 Å². The van der Waals surface area contributed by atoms with Crippen LogP contribution >= 0.6 is 15.9 Å². The lowest BCUT2D eigenvalue weighted by molar-refractivity contribution is 0.210. The Balaban J connectivity index is 2.52. The number of amides is 1. The molecule has 0 saturated carbocycles. The van der Waals surface area contributed by atoms with Crippen LogP contribution in [0.1, 0.15) is 0 Å². The highest BCUT2D eigenvalue weighted by Crippen LogP contribution is 2.16. The number of nitrogens with one attached hydrogen (secondary N) is 1. The second-order valence-corrected chi connectivity index (χ2v) is 3.44. The highest BCUT2D eigenvalue weighted by molar-refractivity contribution is 9.10. The van der Waals surface area contributed by atoms with Gasteiger partial charge >= 0.3 is 6.09 Å². The Labute approximate surface area is 86.7 Å². The molecular formula is C7H5BrN4O2. The third kappa shape index (κ3) is 1.53. The van der Waals surface area contributed by atoms with Gasteiger partial charge in [0.1, 0.15) is 5.69 Å². The van der Waals surface area contributed by atoms with Crippen LogP contribution in [0.3, 0.4) is 0 Å². The average molecular weight is 257 g/mol. The van der Waals surface area contributed by atoms with Crippen molar-refractivity contribution in [2.24, 2.45) is 0 Å². The van der Waals surface area contributed by atoms with E-state index in [4.69, 9.17) is 5.11 Å². The van der Waals surface area contributed by atoms with E-state index in [1.54, 1.807) is 12.4 Å². The van der Waals surface area contributed by atoms with Crippen molar-refractivity contribution in [2.75, 3.05) is 5.32 Å². The van der Waals surface area contributed by atoms with Crippen molar-refractivity contribution in [1.82, 2.24) is 14.6 Å². The molecule has 2 N–H and O–H groups in total. The number of hydrogen-bond acceptors (Lipinski definition) is 3. The summed E-state index contributed by atoms with van der Waals surface area (Å²) < 4.78 is 2.25. The van der Waals surface area contributed by atoms with Crippen molar-refractivity contribution >= 4 is 33.4 Å². The van der Waals surface area contributed by atoms with Crippen molar-refractivity contribution < 1.29 is 9.90 Å². The minimum Gasteiger partial charge on any atom is -0.465 e. The second-order valence-electron chi connectivity index (χ2n) is 2.53. The first-order chi connectivity index (χ1) is 6.66. The minimum absolute atomic E-state index is 0.366. The van der Waals surface area contributed by atoms with Gasteiger partial charge in [0.05, 0.1) is 10.7 Å². The average Bonchev–Trinajstić information content (AvgIpc) is 2.47. The number of rotatable bonds is 1. The maximum Gasteiger partial charge on any atom is 0.409 e. The van der Waals surface area contributed by atoms with Crippen LogP contribution in [0, 0.1) is 0 Å². The van der Waals surface area contributed by atoms with E-state index in [1.165, 1.54) is 10.7 Å². The Kier molecular flexibility index (Phi) is 2.08. The third-order valence-electron chi connectivity index (χ3n) is 1.57. The van der Waals surface area contributed by atoms with Crippen molar-refractivity contribution in [3.8, 4) is 0 Å². The van der Waals surface area contributed by atoms with Gasteiger partial charge in [-0.1, -0.05) is 0 Å². The smallest absolute Gasteiger partial charge is 0.409 e. The summed E-state index contributed by atoms with van der Waals surface area (Å²) in [5, 5.41) is 14.6. The van der Waals surface area contributed by atoms with Gasteiger partial charge in [-0.15, -0.1) is 0 Å². The van der Waals surface area contributed by atoms with Gasteiger partial charge in [-0.25, -0.2) is 14.3 Å². The normalized spacial score (nSPS) is 10.4. The fourth-order valence-corrected chi connectivity index (χ4v) is 1.35. The van der Waals surface area contributed by atoms with Crippen LogP contribution in [0.15, 0.2) is 23.1 Å². The quantitative estimate of drug-likeness (QED) is 0.812. The Hall–Kier alpha value is -1.63. The summed E-state index contributed by atoms with van der Waals surface area (Å²) in [5.74, 6) is 0. The molecule has 2 heterocycles. The molecule has 2 aromatic heterocycles. The molecule has 0 aliphatic heterocycles. The molecule has 2 rings (SSSR count). The van der Waals surface area contributed by atoms with E-state index in [1.807, 2.05) is 0 Å². The van der Waals surface area contributed by atoms with Crippen LogP contribution in [0.2, 0.25) is 0 Å². The van der Waals surface area contributed by atoms with Gasteiger partial charge in [0, 0.05) is 12.4 Å². The zero-order valence-corrected chi connectivity index (χ0v) is 8.39. The minimum atomic E-state index is -1.13. The number of halogens is 1. The molecule has 2 aromatic rings. The van der Waals surface area contributed by atoms with E-state index in [-0.39, 0.29) is 0 Å². The van der Waals surface area contributed by atoms with Crippen LogP contribution in [-0.2, 0) is 0 Å². The Morgan fingerprint density at radius 1 is 1.57 bits per heavy atom. The van der Waals surface area contributed by atoms with E-state index < -0.39 is 6.09 Å². The first kappa shape index (κ1) is 8.95. The van der Waals surface area contributed by atoms with Crippen LogP contribution in [0.4, 0.5) is 10.5 Å². The first-order valence-electron chi connectivity index (χ1n) is 3.65. The predicted octanol–water partition coefficient (Wildman–Crippen LogP) is 1.58. The molecule has 0 bridgehead atoms. The lowest BCUT2D eigenvalue weighted by atomic mass is 10.5. The van der Waals surface area contributed by atoms with E-state index in [2.05, 4.69) is 31.3 Å².